The van der Waals surface area contributed by atoms with Crippen molar-refractivity contribution in [2.24, 2.45) is 5.41 Å². The molecule has 1 atom stereocenters. The zero-order chi connectivity index (χ0) is 14.1. The van der Waals surface area contributed by atoms with E-state index in [0.29, 0.717) is 19.5 Å². The van der Waals surface area contributed by atoms with Crippen molar-refractivity contribution >= 4 is 15.9 Å². The Morgan fingerprint density at radius 3 is 2.63 bits per heavy atom. The molecule has 19 heavy (non-hydrogen) atoms. The highest BCUT2D eigenvalue weighted by atomic mass is 32.2. The van der Waals surface area contributed by atoms with Crippen LogP contribution in [-0.2, 0) is 14.8 Å². The first-order valence-electron chi connectivity index (χ1n) is 6.73. The first-order chi connectivity index (χ1) is 8.88. The molecule has 2 N–H and O–H groups in total. The average Bonchev–Trinajstić information content (AvgIpc) is 3.16. The predicted molar refractivity (Wildman–Crippen MR) is 71.0 cm³/mol. The zero-order valence-corrected chi connectivity index (χ0v) is 12.1. The standard InChI is InChI=1S/C12H22N2O4S/c1-19(17,18)14-7-3-2-4-10(14)11(16)13-8-12(9-15)5-6-12/h10,15H,2-9H2,1H3,(H,13,16). The zero-order valence-electron chi connectivity index (χ0n) is 11.3. The second-order valence-corrected chi connectivity index (χ2v) is 7.70. The molecule has 0 aromatic rings. The molecule has 1 saturated carbocycles. The number of nitrogens with one attached hydrogen (secondary N) is 1. The lowest BCUT2D eigenvalue weighted by atomic mass is 10.0. The third-order valence-electron chi connectivity index (χ3n) is 4.11. The maximum Gasteiger partial charge on any atom is 0.238 e. The topological polar surface area (TPSA) is 86.7 Å². The van der Waals surface area contributed by atoms with Gasteiger partial charge in [-0.3, -0.25) is 4.79 Å². The van der Waals surface area contributed by atoms with E-state index in [0.717, 1.165) is 31.9 Å². The predicted octanol–water partition coefficient (Wildman–Crippen LogP) is -0.311. The SMILES string of the molecule is CS(=O)(=O)N1CCCCC1C(=O)NCC1(CO)CC1. The summed E-state index contributed by atoms with van der Waals surface area (Å²) >= 11 is 0. The number of carbonyl (C=O) groups is 1. The molecule has 6 nitrogen and oxygen atoms in total. The van der Waals surface area contributed by atoms with Crippen LogP contribution in [0.1, 0.15) is 32.1 Å². The lowest BCUT2D eigenvalue weighted by Crippen LogP contribution is -2.52. The largest absolute Gasteiger partial charge is 0.396 e. The molecule has 1 heterocycles. The molecular formula is C12H22N2O4S. The van der Waals surface area contributed by atoms with Gasteiger partial charge in [-0.05, 0) is 25.7 Å². The summed E-state index contributed by atoms with van der Waals surface area (Å²) in [6, 6.07) is -0.585. The van der Waals surface area contributed by atoms with Gasteiger partial charge >= 0.3 is 0 Å². The van der Waals surface area contributed by atoms with Crippen LogP contribution in [0.4, 0.5) is 0 Å². The van der Waals surface area contributed by atoms with E-state index < -0.39 is 16.1 Å². The Kier molecular flexibility index (Phi) is 4.17. The number of nitrogens with zero attached hydrogens (tertiary/aromatic N) is 1. The highest BCUT2D eigenvalue weighted by Gasteiger charge is 2.43. The van der Waals surface area contributed by atoms with Crippen molar-refractivity contribution in [3.05, 3.63) is 0 Å². The van der Waals surface area contributed by atoms with E-state index >= 15 is 0 Å². The molecule has 1 aliphatic carbocycles. The van der Waals surface area contributed by atoms with Gasteiger partial charge < -0.3 is 10.4 Å². The van der Waals surface area contributed by atoms with Crippen LogP contribution >= 0.6 is 0 Å². The first-order valence-corrected chi connectivity index (χ1v) is 8.58. The number of hydrogen-bond donors (Lipinski definition) is 2. The molecule has 2 aliphatic rings. The van der Waals surface area contributed by atoms with E-state index in [4.69, 9.17) is 0 Å². The molecule has 7 heteroatoms. The van der Waals surface area contributed by atoms with Crippen molar-refractivity contribution < 1.29 is 18.3 Å². The van der Waals surface area contributed by atoms with Gasteiger partial charge in [0.15, 0.2) is 0 Å². The van der Waals surface area contributed by atoms with E-state index in [2.05, 4.69) is 5.32 Å². The Labute approximate surface area is 114 Å². The smallest absolute Gasteiger partial charge is 0.238 e. The summed E-state index contributed by atoms with van der Waals surface area (Å²) in [5.41, 5.74) is -0.153. The van der Waals surface area contributed by atoms with Crippen molar-refractivity contribution in [1.29, 1.82) is 0 Å². The Bertz CT molecular complexity index is 445. The van der Waals surface area contributed by atoms with Gasteiger partial charge in [0.05, 0.1) is 12.9 Å². The summed E-state index contributed by atoms with van der Waals surface area (Å²) < 4.78 is 24.6. The van der Waals surface area contributed by atoms with Gasteiger partial charge in [0.1, 0.15) is 6.04 Å². The molecule has 2 fully saturated rings. The third kappa shape index (κ3) is 3.46. The average molecular weight is 290 g/mol. The van der Waals surface area contributed by atoms with Crippen LogP contribution in [-0.4, -0.2) is 55.7 Å². The number of aliphatic hydroxyl groups excluding tert-OH is 1. The molecule has 110 valence electrons. The van der Waals surface area contributed by atoms with E-state index in [9.17, 15) is 18.3 Å². The molecule has 1 saturated heterocycles. The highest BCUT2D eigenvalue weighted by Crippen LogP contribution is 2.44. The Hall–Kier alpha value is -0.660. The van der Waals surface area contributed by atoms with Gasteiger partial charge in [-0.2, -0.15) is 4.31 Å². The van der Waals surface area contributed by atoms with Crippen LogP contribution in [0.2, 0.25) is 0 Å². The van der Waals surface area contributed by atoms with E-state index in [1.54, 1.807) is 0 Å². The summed E-state index contributed by atoms with van der Waals surface area (Å²) in [4.78, 5) is 12.1. The molecule has 1 aliphatic heterocycles. The fourth-order valence-corrected chi connectivity index (χ4v) is 3.65. The minimum atomic E-state index is -3.34. The van der Waals surface area contributed by atoms with Gasteiger partial charge in [0, 0.05) is 18.5 Å². The van der Waals surface area contributed by atoms with Crippen LogP contribution in [0.3, 0.4) is 0 Å². The van der Waals surface area contributed by atoms with Crippen LogP contribution < -0.4 is 5.32 Å². The fourth-order valence-electron chi connectivity index (χ4n) is 2.52. The third-order valence-corrected chi connectivity index (χ3v) is 5.40. The van der Waals surface area contributed by atoms with Crippen LogP contribution in [0.25, 0.3) is 0 Å². The summed E-state index contributed by atoms with van der Waals surface area (Å²) in [5, 5.41) is 12.0. The van der Waals surface area contributed by atoms with Crippen molar-refractivity contribution in [2.45, 2.75) is 38.1 Å². The Morgan fingerprint density at radius 2 is 2.11 bits per heavy atom. The quantitative estimate of drug-likeness (QED) is 0.727. The summed E-state index contributed by atoms with van der Waals surface area (Å²) in [7, 11) is -3.34. The van der Waals surface area contributed by atoms with Crippen molar-refractivity contribution in [3.63, 3.8) is 0 Å². The van der Waals surface area contributed by atoms with Crippen molar-refractivity contribution in [3.8, 4) is 0 Å². The highest BCUT2D eigenvalue weighted by molar-refractivity contribution is 7.88. The lowest BCUT2D eigenvalue weighted by molar-refractivity contribution is -0.126. The molecule has 1 amide bonds. The molecular weight excluding hydrogens is 268 g/mol. The van der Waals surface area contributed by atoms with Gasteiger partial charge in [-0.25, -0.2) is 8.42 Å². The Morgan fingerprint density at radius 1 is 1.42 bits per heavy atom. The number of rotatable bonds is 5. The first kappa shape index (κ1) is 14.7. The Balaban J connectivity index is 1.96. The van der Waals surface area contributed by atoms with Crippen LogP contribution in [0.5, 0.6) is 0 Å². The number of carbonyl (C=O) groups excluding carboxylic acids is 1. The van der Waals surface area contributed by atoms with Gasteiger partial charge in [-0.15, -0.1) is 0 Å². The number of sulfonamides is 1. The maximum atomic E-state index is 12.1. The summed E-state index contributed by atoms with van der Waals surface area (Å²) in [6.45, 7) is 0.937. The van der Waals surface area contributed by atoms with Gasteiger partial charge in [0.2, 0.25) is 15.9 Å². The normalized spacial score (nSPS) is 26.9. The number of hydrogen-bond acceptors (Lipinski definition) is 4. The van der Waals surface area contributed by atoms with Crippen molar-refractivity contribution in [1.82, 2.24) is 9.62 Å². The second kappa shape index (κ2) is 5.38. The number of piperidine rings is 1. The molecule has 2 rings (SSSR count). The van der Waals surface area contributed by atoms with E-state index in [1.165, 1.54) is 4.31 Å². The van der Waals surface area contributed by atoms with E-state index in [-0.39, 0.29) is 17.9 Å². The second-order valence-electron chi connectivity index (χ2n) is 5.76. The minimum Gasteiger partial charge on any atom is -0.396 e. The minimum absolute atomic E-state index is 0.0771. The number of aliphatic hydroxyl groups is 1. The van der Waals surface area contributed by atoms with Crippen LogP contribution in [0.15, 0.2) is 0 Å². The fraction of sp³-hybridized carbons (Fsp3) is 0.917. The molecule has 0 aromatic carbocycles. The van der Waals surface area contributed by atoms with Crippen LogP contribution in [0, 0.1) is 5.41 Å². The molecule has 0 radical (unpaired) electrons. The number of amides is 1. The van der Waals surface area contributed by atoms with E-state index in [1.807, 2.05) is 0 Å². The molecule has 0 aromatic heterocycles. The summed E-state index contributed by atoms with van der Waals surface area (Å²) in [6.07, 6.45) is 5.24. The molecule has 0 bridgehead atoms. The molecule has 0 spiro atoms. The van der Waals surface area contributed by atoms with Crippen molar-refractivity contribution in [2.75, 3.05) is 26.0 Å². The monoisotopic (exact) mass is 290 g/mol. The van der Waals surface area contributed by atoms with Gasteiger partial charge in [0.25, 0.3) is 0 Å². The van der Waals surface area contributed by atoms with Gasteiger partial charge in [-0.1, -0.05) is 6.42 Å². The lowest BCUT2D eigenvalue weighted by Gasteiger charge is -2.32. The summed E-state index contributed by atoms with van der Waals surface area (Å²) in [5.74, 6) is -0.232. The molecule has 1 unspecified atom stereocenters. The maximum absolute atomic E-state index is 12.1.